The van der Waals surface area contributed by atoms with Gasteiger partial charge in [0.2, 0.25) is 0 Å². The van der Waals surface area contributed by atoms with E-state index in [-0.39, 0.29) is 17.8 Å². The number of hydrogen-bond donors (Lipinski definition) is 3. The molecule has 0 aromatic carbocycles. The summed E-state index contributed by atoms with van der Waals surface area (Å²) in [6.07, 6.45) is 10.4. The standard InChI is InChI=1S/3C10H19O2.Al/c3*1-8(2)5-4-6-9(3)7-10(11)12;/h3*5,9-11H,4,6-7H2,1-3H3;/q3*-1;+3. The van der Waals surface area contributed by atoms with Gasteiger partial charge in [0.25, 0.3) is 0 Å². The Morgan fingerprint density at radius 3 is 1.00 bits per heavy atom. The Morgan fingerprint density at radius 1 is 0.541 bits per heavy atom. The maximum atomic E-state index is 10.6. The number of hydrogen-bond acceptors (Lipinski definition) is 6. The maximum Gasteiger partial charge on any atom is 0.911 e. The lowest BCUT2D eigenvalue weighted by Crippen LogP contribution is -2.40. The van der Waals surface area contributed by atoms with Gasteiger partial charge in [-0.1, -0.05) is 55.7 Å². The first kappa shape index (κ1) is 36.5. The molecule has 216 valence electrons. The van der Waals surface area contributed by atoms with Gasteiger partial charge in [0.1, 0.15) is 18.9 Å². The normalized spacial score (nSPS) is 16.2. The largest absolute Gasteiger partial charge is 0.911 e. The Balaban J connectivity index is 4.98. The molecular formula is C30H57AlO6. The first-order valence-corrected chi connectivity index (χ1v) is 15.6. The van der Waals surface area contributed by atoms with Gasteiger partial charge < -0.3 is 26.7 Å². The smallest absolute Gasteiger partial charge is 0.431 e. The van der Waals surface area contributed by atoms with Gasteiger partial charge in [0.15, 0.2) is 0 Å². The molecule has 7 heteroatoms. The van der Waals surface area contributed by atoms with Crippen molar-refractivity contribution in [2.24, 2.45) is 17.8 Å². The Hall–Kier alpha value is -0.488. The Bertz CT molecular complexity index is 575. The van der Waals surface area contributed by atoms with Crippen LogP contribution in [0.25, 0.3) is 0 Å². The average Bonchev–Trinajstić information content (AvgIpc) is 2.72. The van der Waals surface area contributed by atoms with Crippen LogP contribution in [0, 0.1) is 17.8 Å². The van der Waals surface area contributed by atoms with Crippen molar-refractivity contribution in [2.75, 3.05) is 0 Å². The molecule has 0 aliphatic rings. The summed E-state index contributed by atoms with van der Waals surface area (Å²) in [7, 11) is 0. The molecule has 0 heterocycles. The summed E-state index contributed by atoms with van der Waals surface area (Å²) in [5, 5.41) is 31.8. The van der Waals surface area contributed by atoms with Gasteiger partial charge in [-0.3, -0.25) is 0 Å². The lowest BCUT2D eigenvalue weighted by Gasteiger charge is -2.26. The SMILES string of the molecule is CC(C)=CCCC(C)CC(O)[O][Al]([O]C(O)CC(C)CCC=C(C)C)[O]C(O)CC(C)CCC=C(C)C. The van der Waals surface area contributed by atoms with E-state index in [1.807, 2.05) is 0 Å². The Kier molecular flexibility index (Phi) is 21.1. The monoisotopic (exact) mass is 540 g/mol. The molecule has 0 aromatic heterocycles. The third kappa shape index (κ3) is 23.1. The first-order chi connectivity index (χ1) is 17.3. The van der Waals surface area contributed by atoms with Crippen LogP contribution in [0.3, 0.4) is 0 Å². The molecule has 6 unspecified atom stereocenters. The van der Waals surface area contributed by atoms with Crippen molar-refractivity contribution in [2.45, 2.75) is 139 Å². The fourth-order valence-electron chi connectivity index (χ4n) is 4.00. The molecule has 0 aliphatic carbocycles. The number of rotatable bonds is 21. The fraction of sp³-hybridized carbons (Fsp3) is 0.800. The van der Waals surface area contributed by atoms with Crippen molar-refractivity contribution < 1.29 is 26.7 Å². The average molecular weight is 541 g/mol. The van der Waals surface area contributed by atoms with E-state index in [4.69, 9.17) is 11.4 Å². The maximum absolute atomic E-state index is 10.6. The van der Waals surface area contributed by atoms with Crippen molar-refractivity contribution in [1.29, 1.82) is 0 Å². The molecule has 0 saturated carbocycles. The number of allylic oxidation sites excluding steroid dienone is 6. The van der Waals surface area contributed by atoms with Gasteiger partial charge >= 0.3 is 15.1 Å². The van der Waals surface area contributed by atoms with Crippen LogP contribution in [-0.2, 0) is 11.4 Å². The topological polar surface area (TPSA) is 88.4 Å². The fourth-order valence-corrected chi connectivity index (χ4v) is 5.30. The Labute approximate surface area is 233 Å². The van der Waals surface area contributed by atoms with Crippen LogP contribution >= 0.6 is 0 Å². The molecule has 0 radical (unpaired) electrons. The van der Waals surface area contributed by atoms with E-state index in [1.165, 1.54) is 16.7 Å². The molecule has 37 heavy (non-hydrogen) atoms. The summed E-state index contributed by atoms with van der Waals surface area (Å²) < 4.78 is 17.3. The predicted molar refractivity (Wildman–Crippen MR) is 154 cm³/mol. The first-order valence-electron chi connectivity index (χ1n) is 14.2. The van der Waals surface area contributed by atoms with Gasteiger partial charge in [0, 0.05) is 0 Å². The predicted octanol–water partition coefficient (Wildman–Crippen LogP) is 7.29. The molecule has 6 nitrogen and oxygen atoms in total. The molecule has 0 aliphatic heterocycles. The zero-order valence-electron chi connectivity index (χ0n) is 25.2. The van der Waals surface area contributed by atoms with Gasteiger partial charge in [0.05, 0.1) is 0 Å². The lowest BCUT2D eigenvalue weighted by molar-refractivity contribution is -0.148. The van der Waals surface area contributed by atoms with Crippen molar-refractivity contribution >= 4 is 15.1 Å². The molecule has 0 amide bonds. The van der Waals surface area contributed by atoms with E-state index in [2.05, 4.69) is 80.5 Å². The van der Waals surface area contributed by atoms with Crippen LogP contribution < -0.4 is 0 Å². The highest BCUT2D eigenvalue weighted by molar-refractivity contribution is 6.36. The minimum Gasteiger partial charge on any atom is -0.431 e. The highest BCUT2D eigenvalue weighted by Crippen LogP contribution is 2.20. The quantitative estimate of drug-likeness (QED) is 0.0805. The van der Waals surface area contributed by atoms with E-state index in [1.54, 1.807) is 0 Å². The van der Waals surface area contributed by atoms with Crippen LogP contribution in [0.5, 0.6) is 0 Å². The summed E-state index contributed by atoms with van der Waals surface area (Å²) in [6.45, 7) is 18.7. The summed E-state index contributed by atoms with van der Waals surface area (Å²) in [4.78, 5) is 0. The number of aliphatic hydroxyl groups excluding tert-OH is 3. The minimum atomic E-state index is -3.00. The molecule has 0 saturated heterocycles. The van der Waals surface area contributed by atoms with Crippen LogP contribution in [0.15, 0.2) is 34.9 Å². The summed E-state index contributed by atoms with van der Waals surface area (Å²) in [5.74, 6) is 0.751. The zero-order valence-corrected chi connectivity index (χ0v) is 26.4. The molecule has 0 fully saturated rings. The zero-order chi connectivity index (χ0) is 28.4. The van der Waals surface area contributed by atoms with Gasteiger partial charge in [-0.05, 0) is 117 Å². The highest BCUT2D eigenvalue weighted by Gasteiger charge is 2.39. The highest BCUT2D eigenvalue weighted by atomic mass is 27.3. The summed E-state index contributed by atoms with van der Waals surface area (Å²) in [5.41, 5.74) is 3.85. The molecule has 0 spiro atoms. The number of aliphatic hydroxyl groups is 3. The van der Waals surface area contributed by atoms with Crippen LogP contribution in [-0.4, -0.2) is 49.3 Å². The van der Waals surface area contributed by atoms with Gasteiger partial charge in [-0.15, -0.1) is 0 Å². The molecule has 6 atom stereocenters. The van der Waals surface area contributed by atoms with Crippen molar-refractivity contribution in [3.05, 3.63) is 34.9 Å². The lowest BCUT2D eigenvalue weighted by atomic mass is 10.0. The second-order valence-corrected chi connectivity index (χ2v) is 13.1. The third-order valence-corrected chi connectivity index (χ3v) is 7.86. The summed E-state index contributed by atoms with van der Waals surface area (Å²) in [6, 6.07) is 0. The summed E-state index contributed by atoms with van der Waals surface area (Å²) >= 11 is -3.00. The van der Waals surface area contributed by atoms with Crippen molar-refractivity contribution in [3.8, 4) is 0 Å². The van der Waals surface area contributed by atoms with Crippen molar-refractivity contribution in [1.82, 2.24) is 0 Å². The molecule has 3 N–H and O–H groups in total. The van der Waals surface area contributed by atoms with E-state index in [0.29, 0.717) is 19.3 Å². The second kappa shape index (κ2) is 21.3. The molecule has 0 bridgehead atoms. The van der Waals surface area contributed by atoms with Crippen LogP contribution in [0.1, 0.15) is 120 Å². The van der Waals surface area contributed by atoms with Crippen LogP contribution in [0.2, 0.25) is 0 Å². The van der Waals surface area contributed by atoms with E-state index in [0.717, 1.165) is 38.5 Å². The Morgan fingerprint density at radius 2 is 0.784 bits per heavy atom. The van der Waals surface area contributed by atoms with E-state index < -0.39 is 34.0 Å². The van der Waals surface area contributed by atoms with E-state index in [9.17, 15) is 15.3 Å². The minimum absolute atomic E-state index is 0.250. The van der Waals surface area contributed by atoms with Crippen LogP contribution in [0.4, 0.5) is 0 Å². The molecule has 0 aromatic rings. The van der Waals surface area contributed by atoms with Gasteiger partial charge in [-0.25, -0.2) is 0 Å². The second-order valence-electron chi connectivity index (χ2n) is 11.7. The van der Waals surface area contributed by atoms with Gasteiger partial charge in [-0.2, -0.15) is 0 Å². The molecular weight excluding hydrogens is 483 g/mol. The molecule has 0 rings (SSSR count). The van der Waals surface area contributed by atoms with E-state index >= 15 is 0 Å². The third-order valence-electron chi connectivity index (χ3n) is 6.25. The van der Waals surface area contributed by atoms with Crippen molar-refractivity contribution in [3.63, 3.8) is 0 Å².